The highest BCUT2D eigenvalue weighted by Gasteiger charge is 2.36. The van der Waals surface area contributed by atoms with E-state index in [9.17, 15) is 61.8 Å². The van der Waals surface area contributed by atoms with Crippen LogP contribution in [0.3, 0.4) is 0 Å². The Balaban J connectivity index is 1.40. The summed E-state index contributed by atoms with van der Waals surface area (Å²) in [6.07, 6.45) is 0.618. The molecule has 0 fully saturated rings. The molecule has 0 saturated carbocycles. The zero-order valence-electron chi connectivity index (χ0n) is 28.8. The third kappa shape index (κ3) is 9.91. The Labute approximate surface area is 337 Å². The normalized spacial score (nSPS) is 14.8. The van der Waals surface area contributed by atoms with Crippen molar-refractivity contribution in [1.82, 2.24) is 15.0 Å². The minimum Gasteiger partial charge on any atom is -0.493 e. The Morgan fingerprint density at radius 1 is 0.746 bits per heavy atom. The summed E-state index contributed by atoms with van der Waals surface area (Å²) in [6, 6.07) is 16.5. The van der Waals surface area contributed by atoms with E-state index in [0.717, 1.165) is 30.3 Å². The summed E-state index contributed by atoms with van der Waals surface area (Å²) in [6.45, 7) is 0. The van der Waals surface area contributed by atoms with Crippen molar-refractivity contribution in [2.24, 2.45) is 15.1 Å². The average molecular weight is 907 g/mol. The van der Waals surface area contributed by atoms with Crippen LogP contribution in [0.2, 0.25) is 5.28 Å². The van der Waals surface area contributed by atoms with Crippen LogP contribution in [0, 0.1) is 0 Å². The number of benzene rings is 4. The van der Waals surface area contributed by atoms with Crippen LogP contribution in [0.1, 0.15) is 21.5 Å². The molecule has 1 aliphatic carbocycles. The maximum atomic E-state index is 14.0. The summed E-state index contributed by atoms with van der Waals surface area (Å²) < 4.78 is 136. The second kappa shape index (κ2) is 15.8. The van der Waals surface area contributed by atoms with Gasteiger partial charge in [0.15, 0.2) is 5.71 Å². The summed E-state index contributed by atoms with van der Waals surface area (Å²) in [5, 5.41) is 16.9. The van der Waals surface area contributed by atoms with Crippen molar-refractivity contribution in [2.75, 3.05) is 10.7 Å². The van der Waals surface area contributed by atoms with Gasteiger partial charge in [-0.05, 0) is 90.0 Å². The van der Waals surface area contributed by atoms with E-state index in [-0.39, 0.29) is 38.7 Å². The molecule has 0 bridgehead atoms. The number of fused-ring (bicyclic) bond motifs is 1. The van der Waals surface area contributed by atoms with E-state index in [4.69, 9.17) is 11.6 Å². The summed E-state index contributed by atoms with van der Waals surface area (Å²) in [4.78, 5) is 29.1. The topological polar surface area (TPSA) is 357 Å². The van der Waals surface area contributed by atoms with Crippen molar-refractivity contribution in [3.05, 3.63) is 117 Å². The summed E-state index contributed by atoms with van der Waals surface area (Å²) >= 11 is 6.06. The molecule has 0 spiro atoms. The predicted octanol–water partition coefficient (Wildman–Crippen LogP) is 3.70. The second-order valence-corrected chi connectivity index (χ2v) is 17.7. The van der Waals surface area contributed by atoms with Gasteiger partial charge in [-0.1, -0.05) is 18.2 Å². The number of hydrogen-bond acceptors (Lipinski definition) is 16. The molecule has 0 amide bonds. The fourth-order valence-electron chi connectivity index (χ4n) is 5.17. The van der Waals surface area contributed by atoms with Gasteiger partial charge in [0.05, 0.1) is 32.4 Å². The van der Waals surface area contributed by atoms with E-state index in [2.05, 4.69) is 40.8 Å². The van der Waals surface area contributed by atoms with Crippen LogP contribution in [0.5, 0.6) is 0 Å². The number of hydrogen-bond donors (Lipinski definition) is 8. The Kier molecular flexibility index (Phi) is 11.4. The molecule has 27 heteroatoms. The van der Waals surface area contributed by atoms with E-state index in [1.807, 2.05) is 0 Å². The molecule has 22 nitrogen and oxygen atoms in total. The Morgan fingerprint density at radius 2 is 1.41 bits per heavy atom. The van der Waals surface area contributed by atoms with E-state index in [0.29, 0.717) is 18.2 Å². The zero-order valence-corrected chi connectivity index (χ0v) is 32.8. The third-order valence-corrected chi connectivity index (χ3v) is 11.4. The lowest BCUT2D eigenvalue weighted by molar-refractivity contribution is 0.106. The number of rotatable bonds is 11. The zero-order chi connectivity index (χ0) is 43.1. The van der Waals surface area contributed by atoms with Gasteiger partial charge >= 0.3 is 0 Å². The molecule has 0 atom stereocenters. The van der Waals surface area contributed by atoms with E-state index < -0.39 is 95.1 Å². The van der Waals surface area contributed by atoms with Crippen LogP contribution in [-0.4, -0.2) is 89.3 Å². The lowest BCUT2D eigenvalue weighted by atomic mass is 9.93. The number of carbonyl (C=O) groups is 1. The largest absolute Gasteiger partial charge is 0.493 e. The van der Waals surface area contributed by atoms with Crippen molar-refractivity contribution in [3.63, 3.8) is 0 Å². The number of hydrazone groups is 1. The monoisotopic (exact) mass is 906 g/mol. The quantitative estimate of drug-likeness (QED) is 0.0405. The molecular weight excluding hydrogens is 884 g/mol. The van der Waals surface area contributed by atoms with Crippen LogP contribution in [0.25, 0.3) is 6.08 Å². The Morgan fingerprint density at radius 3 is 2.02 bits per heavy atom. The Bertz CT molecular complexity index is 3190. The number of halogens is 1. The number of aliphatic hydroxyl groups excluding tert-OH is 1. The van der Waals surface area contributed by atoms with Crippen molar-refractivity contribution < 1.29 is 61.8 Å². The number of aliphatic hydroxyl groups is 1. The first kappa shape index (κ1) is 42.4. The van der Waals surface area contributed by atoms with Crippen LogP contribution in [-0.2, 0) is 40.5 Å². The lowest BCUT2D eigenvalue weighted by Crippen LogP contribution is -2.27. The number of aromatic amines is 1. The highest BCUT2D eigenvalue weighted by atomic mass is 35.5. The highest BCUT2D eigenvalue weighted by Crippen LogP contribution is 2.36. The number of nitrogens with one attached hydrogen (secondary N) is 3. The molecule has 4 aromatic carbocycles. The lowest BCUT2D eigenvalue weighted by Gasteiger charge is -2.19. The molecule has 0 unspecified atom stereocenters. The number of aliphatic imine (C=N–C) groups is 1. The van der Waals surface area contributed by atoms with Crippen LogP contribution in [0.4, 0.5) is 28.7 Å². The predicted molar refractivity (Wildman–Crippen MR) is 209 cm³/mol. The van der Waals surface area contributed by atoms with Gasteiger partial charge in [0.1, 0.15) is 9.80 Å². The molecule has 0 radical (unpaired) electrons. The van der Waals surface area contributed by atoms with Crippen LogP contribution in [0.15, 0.2) is 120 Å². The summed E-state index contributed by atoms with van der Waals surface area (Å²) in [5.41, 5.74) is -1.32. The van der Waals surface area contributed by atoms with Gasteiger partial charge < -0.3 is 10.4 Å². The van der Waals surface area contributed by atoms with Crippen LogP contribution >= 0.6 is 11.6 Å². The van der Waals surface area contributed by atoms with Gasteiger partial charge in [0.2, 0.25) is 28.5 Å². The van der Waals surface area contributed by atoms with E-state index >= 15 is 0 Å². The molecule has 0 aliphatic heterocycles. The van der Waals surface area contributed by atoms with Gasteiger partial charge in [0.25, 0.3) is 40.5 Å². The van der Waals surface area contributed by atoms with Crippen molar-refractivity contribution in [3.8, 4) is 0 Å². The van der Waals surface area contributed by atoms with Crippen molar-refractivity contribution in [1.29, 1.82) is 0 Å². The van der Waals surface area contributed by atoms with E-state index in [1.165, 1.54) is 36.4 Å². The molecule has 1 aliphatic rings. The fraction of sp³-hybridized carbons (Fsp3) is 0. The first-order chi connectivity index (χ1) is 27.5. The second-order valence-electron chi connectivity index (χ2n) is 11.7. The standard InChI is InChI=1S/C32H23ClN8O14S4/c33-30-37-31(34-18-6-9-20(10-7-18)56(44,45)46)39-32(38-30)35-19-8-11-22(24(14-19)58(50,51)52)40-41-27-25(59(53,54)55)13-17-12-21(57(47,48)49)15-23(26(17)28(27)42)36-29(43)16-4-2-1-3-5-16/h1-15,40H,(H,36,43)(H,44,45,46)(H,47,48,49)(H,50,51,52)(H,53,54,55)(H2,34,35,37,38,39)/b41-27+. The number of Topliss-reactive ketones (excluding diaryl/α,β-unsaturated/α-hetero) is 1. The number of allylic oxidation sites excluding steroid dienone is 1. The molecule has 59 heavy (non-hydrogen) atoms. The minimum absolute atomic E-state index is 0.101. The molecule has 1 aromatic heterocycles. The summed E-state index contributed by atoms with van der Waals surface area (Å²) in [5.74, 6) is -2.27. The minimum atomic E-state index is -5.37. The number of aromatic nitrogens is 3. The molecule has 5 aromatic rings. The SMILES string of the molecule is O=C1/C(=N/Nc2ccc(N=c3nc(Nc4ccc(S(=O)(=O)O)cc4)nc(Cl)[nH]3)cc2S(=O)(=O)O)C(S(=O)(=O)O)=Cc2cc(S(=O)(=O)O)cc(N=C(O)c3ccccc3)c21. The fourth-order valence-corrected chi connectivity index (χ4v) is 7.67. The molecule has 1 heterocycles. The van der Waals surface area contributed by atoms with E-state index in [1.54, 1.807) is 6.07 Å². The average Bonchev–Trinajstić information content (AvgIpc) is 3.13. The molecule has 0 saturated heterocycles. The van der Waals surface area contributed by atoms with Crippen molar-refractivity contribution >= 4 is 104 Å². The number of nitrogens with zero attached hydrogens (tertiary/aromatic N) is 5. The third-order valence-electron chi connectivity index (χ3n) is 7.72. The molecule has 6 rings (SSSR count). The number of anilines is 3. The smallest absolute Gasteiger partial charge is 0.296 e. The van der Waals surface area contributed by atoms with Gasteiger partial charge in [-0.2, -0.15) is 48.7 Å². The first-order valence-corrected chi connectivity index (χ1v) is 21.8. The van der Waals surface area contributed by atoms with Crippen LogP contribution < -0.4 is 16.4 Å². The van der Waals surface area contributed by atoms with Gasteiger partial charge in [-0.25, -0.2) is 9.98 Å². The maximum Gasteiger partial charge on any atom is 0.296 e. The van der Waals surface area contributed by atoms with Gasteiger partial charge in [-0.3, -0.25) is 33.4 Å². The van der Waals surface area contributed by atoms with Crippen molar-refractivity contribution in [2.45, 2.75) is 14.7 Å². The molecule has 8 N–H and O–H groups in total. The van der Waals surface area contributed by atoms with Gasteiger partial charge in [-0.15, -0.1) is 0 Å². The first-order valence-electron chi connectivity index (χ1n) is 15.7. The maximum absolute atomic E-state index is 14.0. The number of carbonyl (C=O) groups excluding carboxylic acids is 1. The highest BCUT2D eigenvalue weighted by molar-refractivity contribution is 7.91. The van der Waals surface area contributed by atoms with Gasteiger partial charge in [0, 0.05) is 11.3 Å². The Hall–Kier alpha value is -6.23. The molecular formula is C32H23ClN8O14S4. The molecule has 306 valence electrons. The number of H-pyrrole nitrogens is 1. The summed E-state index contributed by atoms with van der Waals surface area (Å²) in [7, 11) is -20.0. The number of ketones is 1.